The lowest BCUT2D eigenvalue weighted by Crippen LogP contribution is -2.29. The van der Waals surface area contributed by atoms with Crippen molar-refractivity contribution in [2.24, 2.45) is 0 Å². The number of carbonyl (C=O) groups excluding carboxylic acids is 1. The van der Waals surface area contributed by atoms with E-state index in [-0.39, 0.29) is 12.5 Å². The third kappa shape index (κ3) is 4.11. The Hall–Kier alpha value is -1.78. The molecule has 1 aromatic carbocycles. The first-order valence-electron chi connectivity index (χ1n) is 6.01. The largest absolute Gasteiger partial charge is 0.375 e. The van der Waals surface area contributed by atoms with Crippen molar-refractivity contribution >= 4 is 34.8 Å². The van der Waals surface area contributed by atoms with Gasteiger partial charge in [-0.2, -0.15) is 0 Å². The Kier molecular flexibility index (Phi) is 5.21. The molecule has 2 aromatic rings. The van der Waals surface area contributed by atoms with Gasteiger partial charge in [0.25, 0.3) is 0 Å². The molecule has 0 bridgehead atoms. The van der Waals surface area contributed by atoms with Gasteiger partial charge >= 0.3 is 0 Å². The lowest BCUT2D eigenvalue weighted by atomic mass is 10.3. The molecule has 2 N–H and O–H groups in total. The summed E-state index contributed by atoms with van der Waals surface area (Å²) in [4.78, 5) is 15.8. The van der Waals surface area contributed by atoms with Gasteiger partial charge in [-0.25, -0.2) is 0 Å². The lowest BCUT2D eigenvalue weighted by molar-refractivity contribution is -0.119. The quantitative estimate of drug-likeness (QED) is 0.892. The van der Waals surface area contributed by atoms with Crippen molar-refractivity contribution in [3.63, 3.8) is 0 Å². The second-order valence-electron chi connectivity index (χ2n) is 4.05. The molecule has 4 nitrogen and oxygen atoms in total. The van der Waals surface area contributed by atoms with Crippen LogP contribution in [0.15, 0.2) is 42.6 Å². The molecule has 2 rings (SSSR count). The van der Waals surface area contributed by atoms with E-state index in [4.69, 9.17) is 23.2 Å². The van der Waals surface area contributed by atoms with E-state index in [0.29, 0.717) is 22.3 Å². The number of amides is 1. The van der Waals surface area contributed by atoms with Gasteiger partial charge < -0.3 is 10.6 Å². The Labute approximate surface area is 127 Å². The van der Waals surface area contributed by atoms with Gasteiger partial charge in [-0.1, -0.05) is 35.3 Å². The number of halogens is 2. The predicted molar refractivity (Wildman–Crippen MR) is 81.0 cm³/mol. The van der Waals surface area contributed by atoms with Crippen LogP contribution in [0, 0.1) is 0 Å². The highest BCUT2D eigenvalue weighted by Gasteiger charge is 2.06. The Morgan fingerprint density at radius 2 is 2.00 bits per heavy atom. The van der Waals surface area contributed by atoms with Gasteiger partial charge in [-0.3, -0.25) is 9.78 Å². The number of benzene rings is 1. The van der Waals surface area contributed by atoms with Crippen LogP contribution in [0.3, 0.4) is 0 Å². The number of anilines is 1. The summed E-state index contributed by atoms with van der Waals surface area (Å²) in [5.41, 5.74) is 1.44. The van der Waals surface area contributed by atoms with Crippen LogP contribution < -0.4 is 10.6 Å². The molecule has 0 aliphatic carbocycles. The molecule has 0 spiro atoms. The summed E-state index contributed by atoms with van der Waals surface area (Å²) >= 11 is 11.9. The first-order valence-corrected chi connectivity index (χ1v) is 6.77. The Morgan fingerprint density at radius 3 is 2.75 bits per heavy atom. The van der Waals surface area contributed by atoms with E-state index >= 15 is 0 Å². The molecule has 0 saturated heterocycles. The zero-order valence-electron chi connectivity index (χ0n) is 10.6. The Bertz CT molecular complexity index is 590. The molecule has 6 heteroatoms. The fourth-order valence-electron chi connectivity index (χ4n) is 1.57. The van der Waals surface area contributed by atoms with Crippen molar-refractivity contribution in [2.75, 3.05) is 11.9 Å². The average Bonchev–Trinajstić information content (AvgIpc) is 2.48. The third-order valence-electron chi connectivity index (χ3n) is 2.58. The molecule has 0 saturated carbocycles. The minimum atomic E-state index is -0.147. The van der Waals surface area contributed by atoms with E-state index in [1.165, 1.54) is 0 Å². The van der Waals surface area contributed by atoms with Gasteiger partial charge in [-0.05, 0) is 24.3 Å². The lowest BCUT2D eigenvalue weighted by Gasteiger charge is -2.09. The number of hydrogen-bond acceptors (Lipinski definition) is 3. The summed E-state index contributed by atoms with van der Waals surface area (Å²) < 4.78 is 0. The smallest absolute Gasteiger partial charge is 0.239 e. The maximum atomic E-state index is 11.7. The number of carbonyl (C=O) groups is 1. The van der Waals surface area contributed by atoms with Gasteiger partial charge in [0.2, 0.25) is 5.91 Å². The fourth-order valence-corrected chi connectivity index (χ4v) is 1.94. The van der Waals surface area contributed by atoms with Gasteiger partial charge in [0.15, 0.2) is 0 Å². The molecule has 0 fully saturated rings. The number of pyridine rings is 1. The summed E-state index contributed by atoms with van der Waals surface area (Å²) in [5.74, 6) is -0.147. The first-order chi connectivity index (χ1) is 9.66. The van der Waals surface area contributed by atoms with E-state index in [0.717, 1.165) is 5.69 Å². The monoisotopic (exact) mass is 309 g/mol. The fraction of sp³-hybridized carbons (Fsp3) is 0.143. The standard InChI is InChI=1S/C14H13Cl2N3O/c15-11-5-3-6-12(14(11)16)18-9-13(20)19-8-10-4-1-2-7-17-10/h1-7,18H,8-9H2,(H,19,20). The van der Waals surface area contributed by atoms with Crippen molar-refractivity contribution < 1.29 is 4.79 Å². The van der Waals surface area contributed by atoms with Crippen molar-refractivity contribution in [1.29, 1.82) is 0 Å². The van der Waals surface area contributed by atoms with Crippen molar-refractivity contribution in [2.45, 2.75) is 6.54 Å². The molecule has 0 radical (unpaired) electrons. The number of hydrogen-bond donors (Lipinski definition) is 2. The van der Waals surface area contributed by atoms with E-state index in [2.05, 4.69) is 15.6 Å². The van der Waals surface area contributed by atoms with Crippen molar-refractivity contribution in [3.8, 4) is 0 Å². The Morgan fingerprint density at radius 1 is 1.15 bits per heavy atom. The normalized spacial score (nSPS) is 10.1. The van der Waals surface area contributed by atoms with Crippen LogP contribution in [0.4, 0.5) is 5.69 Å². The SMILES string of the molecule is O=C(CNc1cccc(Cl)c1Cl)NCc1ccccn1. The highest BCUT2D eigenvalue weighted by Crippen LogP contribution is 2.29. The number of aromatic nitrogens is 1. The molecule has 1 amide bonds. The van der Waals surface area contributed by atoms with Gasteiger partial charge in [-0.15, -0.1) is 0 Å². The van der Waals surface area contributed by atoms with Crippen LogP contribution in [-0.2, 0) is 11.3 Å². The first kappa shape index (κ1) is 14.6. The van der Waals surface area contributed by atoms with Gasteiger partial charge in [0.1, 0.15) is 0 Å². The average molecular weight is 310 g/mol. The van der Waals surface area contributed by atoms with Crippen LogP contribution >= 0.6 is 23.2 Å². The minimum absolute atomic E-state index is 0.118. The molecule has 0 unspecified atom stereocenters. The number of rotatable bonds is 5. The summed E-state index contributed by atoms with van der Waals surface area (Å²) in [5, 5.41) is 6.56. The van der Waals surface area contributed by atoms with Gasteiger partial charge in [0, 0.05) is 6.20 Å². The van der Waals surface area contributed by atoms with E-state index in [1.54, 1.807) is 24.4 Å². The van der Waals surface area contributed by atoms with Crippen molar-refractivity contribution in [3.05, 3.63) is 58.3 Å². The minimum Gasteiger partial charge on any atom is -0.375 e. The van der Waals surface area contributed by atoms with Crippen LogP contribution in [0.1, 0.15) is 5.69 Å². The second kappa shape index (κ2) is 7.12. The van der Waals surface area contributed by atoms with Gasteiger partial charge in [0.05, 0.1) is 34.5 Å². The molecule has 1 heterocycles. The highest BCUT2D eigenvalue weighted by molar-refractivity contribution is 6.43. The Balaban J connectivity index is 1.82. The maximum absolute atomic E-state index is 11.7. The van der Waals surface area contributed by atoms with Crippen LogP contribution in [0.2, 0.25) is 10.0 Å². The van der Waals surface area contributed by atoms with Crippen LogP contribution in [0.5, 0.6) is 0 Å². The molecule has 0 atom stereocenters. The second-order valence-corrected chi connectivity index (χ2v) is 4.84. The number of nitrogens with one attached hydrogen (secondary N) is 2. The summed E-state index contributed by atoms with van der Waals surface area (Å²) in [6, 6.07) is 10.8. The van der Waals surface area contributed by atoms with Crippen LogP contribution in [0.25, 0.3) is 0 Å². The molecule has 0 aliphatic rings. The molecule has 1 aromatic heterocycles. The topological polar surface area (TPSA) is 54.0 Å². The maximum Gasteiger partial charge on any atom is 0.239 e. The van der Waals surface area contributed by atoms with Crippen LogP contribution in [-0.4, -0.2) is 17.4 Å². The van der Waals surface area contributed by atoms with E-state index in [1.807, 2.05) is 18.2 Å². The summed E-state index contributed by atoms with van der Waals surface area (Å²) in [7, 11) is 0. The van der Waals surface area contributed by atoms with Crippen molar-refractivity contribution in [1.82, 2.24) is 10.3 Å². The third-order valence-corrected chi connectivity index (χ3v) is 3.40. The highest BCUT2D eigenvalue weighted by atomic mass is 35.5. The summed E-state index contributed by atoms with van der Waals surface area (Å²) in [6.45, 7) is 0.511. The molecule has 104 valence electrons. The molecule has 20 heavy (non-hydrogen) atoms. The zero-order valence-corrected chi connectivity index (χ0v) is 12.1. The van der Waals surface area contributed by atoms with E-state index in [9.17, 15) is 4.79 Å². The van der Waals surface area contributed by atoms with E-state index < -0.39 is 0 Å². The molecular formula is C14H13Cl2N3O. The predicted octanol–water partition coefficient (Wildman–Crippen LogP) is 3.12. The number of nitrogens with zero attached hydrogens (tertiary/aromatic N) is 1. The molecular weight excluding hydrogens is 297 g/mol. The molecule has 0 aliphatic heterocycles. The summed E-state index contributed by atoms with van der Waals surface area (Å²) in [6.07, 6.45) is 1.69. The zero-order chi connectivity index (χ0) is 14.4.